The molecule has 63 valence electrons. The van der Waals surface area contributed by atoms with Crippen LogP contribution in [0.5, 0.6) is 0 Å². The molecule has 0 aromatic rings. The Bertz CT molecular complexity index is 138. The van der Waals surface area contributed by atoms with Gasteiger partial charge in [-0.05, 0) is 0 Å². The second-order valence-electron chi connectivity index (χ2n) is 2.71. The van der Waals surface area contributed by atoms with Crippen molar-refractivity contribution >= 4 is 56.9 Å². The van der Waals surface area contributed by atoms with Crippen LogP contribution in [0.4, 0.5) is 0 Å². The molecule has 0 aliphatic heterocycles. The van der Waals surface area contributed by atoms with Gasteiger partial charge in [0, 0.05) is 78.0 Å². The summed E-state index contributed by atoms with van der Waals surface area (Å²) in [5.41, 5.74) is 2.45. The van der Waals surface area contributed by atoms with Crippen molar-refractivity contribution in [3.63, 3.8) is 0 Å². The fourth-order valence-corrected chi connectivity index (χ4v) is 0.650. The molecule has 0 amide bonds. The number of hydrogen-bond acceptors (Lipinski definition) is 0. The van der Waals surface area contributed by atoms with Crippen molar-refractivity contribution in [2.45, 2.75) is 19.6 Å². The molecular weight excluding hydrogens is 478 g/mol. The summed E-state index contributed by atoms with van der Waals surface area (Å²) in [6, 6.07) is 0. The number of halogens is 3. The molecule has 0 saturated carbocycles. The zero-order valence-corrected chi connectivity index (χ0v) is 15.7. The second kappa shape index (κ2) is 10.7. The van der Waals surface area contributed by atoms with Gasteiger partial charge in [0.1, 0.15) is 0 Å². The molecular formula is C6H10ClI2SiY-. The first-order chi connectivity index (χ1) is 4.48. The molecule has 0 N–H and O–H groups in total. The quantitative estimate of drug-likeness (QED) is 0.223. The second-order valence-corrected chi connectivity index (χ2v) is 8.40. The first kappa shape index (κ1) is 19.2. The fraction of sp³-hybridized carbons (Fsp3) is 0.500. The van der Waals surface area contributed by atoms with E-state index in [2.05, 4.69) is 62.6 Å². The smallest absolute Gasteiger partial charge is 0.0101 e. The normalized spacial score (nSPS) is 8.18. The third kappa shape index (κ3) is 12.6. The molecule has 5 heteroatoms. The molecule has 0 spiro atoms. The third-order valence-electron chi connectivity index (χ3n) is 0.785. The van der Waals surface area contributed by atoms with E-state index in [1.54, 1.807) is 0 Å². The van der Waals surface area contributed by atoms with Gasteiger partial charge in [0.15, 0.2) is 0 Å². The standard InChI is InChI=1S/C6H10ClSi.I2.Y/c1-5-6(7)8(2,3)4;1-2;/h1H,2-4H3;;/q-1;;. The van der Waals surface area contributed by atoms with Gasteiger partial charge in [-0.15, -0.1) is 0 Å². The average Bonchev–Trinajstić information content (AvgIpc) is 1.89. The number of hydrogen-bond donors (Lipinski definition) is 0. The molecule has 1 radical (unpaired) electrons. The molecule has 0 unspecified atom stereocenters. The van der Waals surface area contributed by atoms with Crippen molar-refractivity contribution in [3.8, 4) is 0 Å². The largest absolute Gasteiger partial charge is 0.322 e. The molecule has 11 heavy (non-hydrogen) atoms. The van der Waals surface area contributed by atoms with Gasteiger partial charge >= 0.3 is 0 Å². The van der Waals surface area contributed by atoms with Crippen molar-refractivity contribution in [3.05, 3.63) is 17.0 Å². The molecule has 0 heterocycles. The zero-order valence-electron chi connectivity index (χ0n) is 6.79. The van der Waals surface area contributed by atoms with Gasteiger partial charge in [-0.1, -0.05) is 24.3 Å². The predicted molar refractivity (Wildman–Crippen MR) is 68.6 cm³/mol. The topological polar surface area (TPSA) is 0 Å². The summed E-state index contributed by atoms with van der Waals surface area (Å²) in [6.07, 6.45) is 0. The molecule has 0 bridgehead atoms. The Morgan fingerprint density at radius 1 is 1.36 bits per heavy atom. The fourth-order valence-electron chi connectivity index (χ4n) is 0.217. The van der Waals surface area contributed by atoms with Gasteiger partial charge in [0.05, 0.1) is 0 Å². The Kier molecular flexibility index (Phi) is 18.6. The summed E-state index contributed by atoms with van der Waals surface area (Å²) in [6.45, 7) is 11.4. The SMILES string of the molecule is II.[CH-]=C=C(Cl)[Si](C)(C)C.[Y]. The Balaban J connectivity index is -0.000000196. The molecule has 0 aliphatic carbocycles. The maximum absolute atomic E-state index is 5.68. The van der Waals surface area contributed by atoms with Crippen LogP contribution >= 0.6 is 48.8 Å². The summed E-state index contributed by atoms with van der Waals surface area (Å²) in [7, 11) is -1.31. The Morgan fingerprint density at radius 3 is 1.64 bits per heavy atom. The number of rotatable bonds is 1. The van der Waals surface area contributed by atoms with Crippen molar-refractivity contribution in [2.24, 2.45) is 0 Å². The van der Waals surface area contributed by atoms with Gasteiger partial charge in [0.25, 0.3) is 0 Å². The van der Waals surface area contributed by atoms with E-state index in [1.165, 1.54) is 0 Å². The van der Waals surface area contributed by atoms with E-state index in [4.69, 9.17) is 18.2 Å². The van der Waals surface area contributed by atoms with Crippen molar-refractivity contribution < 1.29 is 32.7 Å². The Labute approximate surface area is 124 Å². The van der Waals surface area contributed by atoms with Gasteiger partial charge in [0.2, 0.25) is 0 Å². The minimum atomic E-state index is -1.31. The van der Waals surface area contributed by atoms with Crippen LogP contribution < -0.4 is 0 Å². The monoisotopic (exact) mass is 488 g/mol. The van der Waals surface area contributed by atoms with E-state index in [0.717, 1.165) is 4.66 Å². The van der Waals surface area contributed by atoms with Crippen LogP contribution in [0.25, 0.3) is 0 Å². The summed E-state index contributed by atoms with van der Waals surface area (Å²) in [5.74, 6) is 0. The summed E-state index contributed by atoms with van der Waals surface area (Å²) >= 11 is 9.92. The van der Waals surface area contributed by atoms with Gasteiger partial charge in [-0.25, -0.2) is 18.2 Å². The van der Waals surface area contributed by atoms with Gasteiger partial charge in [-0.2, -0.15) is 0 Å². The minimum absolute atomic E-state index is 0. The van der Waals surface area contributed by atoms with E-state index in [9.17, 15) is 0 Å². The molecule has 0 saturated heterocycles. The van der Waals surface area contributed by atoms with E-state index in [1.807, 2.05) is 0 Å². The molecule has 0 aromatic carbocycles. The van der Waals surface area contributed by atoms with Gasteiger partial charge < -0.3 is 5.73 Å². The third-order valence-corrected chi connectivity index (χ3v) is 4.06. The van der Waals surface area contributed by atoms with E-state index in [-0.39, 0.29) is 32.7 Å². The first-order valence-corrected chi connectivity index (χ1v) is 12.8. The van der Waals surface area contributed by atoms with E-state index in [0.29, 0.717) is 0 Å². The van der Waals surface area contributed by atoms with Crippen molar-refractivity contribution in [1.29, 1.82) is 0 Å². The maximum atomic E-state index is 5.68. The summed E-state index contributed by atoms with van der Waals surface area (Å²) < 4.78 is 0.720. The van der Waals surface area contributed by atoms with Crippen molar-refractivity contribution in [1.82, 2.24) is 0 Å². The Morgan fingerprint density at radius 2 is 1.64 bits per heavy atom. The predicted octanol–water partition coefficient (Wildman–Crippen LogP) is 4.34. The van der Waals surface area contributed by atoms with Crippen LogP contribution in [-0.4, -0.2) is 8.07 Å². The van der Waals surface area contributed by atoms with E-state index < -0.39 is 8.07 Å². The maximum Gasteiger partial charge on any atom is 0.0101 e. The Hall–Kier alpha value is 2.59. The van der Waals surface area contributed by atoms with Crippen LogP contribution in [0, 0.1) is 6.58 Å². The van der Waals surface area contributed by atoms with Crippen LogP contribution in [0.15, 0.2) is 10.4 Å². The molecule has 0 aromatic heterocycles. The molecule has 0 atom stereocenters. The molecule has 0 aliphatic rings. The summed E-state index contributed by atoms with van der Waals surface area (Å²) in [5, 5.41) is 0. The van der Waals surface area contributed by atoms with Crippen molar-refractivity contribution in [2.75, 3.05) is 0 Å². The molecule has 0 nitrogen and oxygen atoms in total. The van der Waals surface area contributed by atoms with Crippen LogP contribution in [0.2, 0.25) is 19.6 Å². The minimum Gasteiger partial charge on any atom is -0.322 e. The molecule has 0 rings (SSSR count). The molecule has 0 fully saturated rings. The first-order valence-electron chi connectivity index (χ1n) is 2.62. The zero-order chi connectivity index (χ0) is 8.78. The van der Waals surface area contributed by atoms with Crippen LogP contribution in [0.1, 0.15) is 0 Å². The average molecular weight is 488 g/mol. The van der Waals surface area contributed by atoms with Crippen LogP contribution in [-0.2, 0) is 32.7 Å². The summed E-state index contributed by atoms with van der Waals surface area (Å²) in [4.78, 5) is 0. The van der Waals surface area contributed by atoms with E-state index >= 15 is 0 Å². The van der Waals surface area contributed by atoms with Gasteiger partial charge in [-0.3, -0.25) is 0 Å². The van der Waals surface area contributed by atoms with Crippen LogP contribution in [0.3, 0.4) is 0 Å².